The number of hydrogen-bond acceptors (Lipinski definition) is 6. The summed E-state index contributed by atoms with van der Waals surface area (Å²) in [5.74, 6) is 0.141. The smallest absolute Gasteiger partial charge is 0.269 e. The van der Waals surface area contributed by atoms with Crippen LogP contribution in [0.25, 0.3) is 11.4 Å². The molecule has 0 spiro atoms. The van der Waals surface area contributed by atoms with Crippen molar-refractivity contribution in [1.82, 2.24) is 15.5 Å². The maximum atomic E-state index is 12.6. The highest BCUT2D eigenvalue weighted by atomic mass is 35.5. The van der Waals surface area contributed by atoms with Gasteiger partial charge in [0.05, 0.1) is 15.5 Å². The Morgan fingerprint density at radius 1 is 1.18 bits per heavy atom. The van der Waals surface area contributed by atoms with Crippen LogP contribution in [0.2, 0.25) is 5.02 Å². The fourth-order valence-electron chi connectivity index (χ4n) is 2.59. The van der Waals surface area contributed by atoms with Gasteiger partial charge in [0.2, 0.25) is 11.7 Å². The molecular formula is C19H17ClN4O4. The first-order chi connectivity index (χ1) is 13.4. The van der Waals surface area contributed by atoms with Gasteiger partial charge in [-0.3, -0.25) is 14.9 Å². The van der Waals surface area contributed by atoms with Gasteiger partial charge in [-0.1, -0.05) is 42.7 Å². The maximum Gasteiger partial charge on any atom is 0.269 e. The second-order valence-electron chi connectivity index (χ2n) is 6.44. The number of non-ortho nitro benzene ring substituents is 1. The molecule has 0 aliphatic heterocycles. The Morgan fingerprint density at radius 3 is 2.46 bits per heavy atom. The van der Waals surface area contributed by atoms with Crippen LogP contribution in [0.1, 0.15) is 36.1 Å². The second kappa shape index (κ2) is 8.18. The molecule has 8 nitrogen and oxygen atoms in total. The molecule has 0 saturated heterocycles. The molecule has 3 aromatic rings. The quantitative estimate of drug-likeness (QED) is 0.484. The summed E-state index contributed by atoms with van der Waals surface area (Å²) in [6.07, 6.45) is 0. The SMILES string of the molecule is CC(C)[C@@H](NC(=O)c1ccccc1Cl)c1nc(-c2ccc([N+](=O)[O-])cc2)no1. The number of carbonyl (C=O) groups is 1. The number of amides is 1. The molecule has 144 valence electrons. The van der Waals surface area contributed by atoms with Gasteiger partial charge < -0.3 is 9.84 Å². The lowest BCUT2D eigenvalue weighted by Gasteiger charge is -2.18. The number of hydrogen-bond donors (Lipinski definition) is 1. The second-order valence-corrected chi connectivity index (χ2v) is 6.84. The topological polar surface area (TPSA) is 111 Å². The summed E-state index contributed by atoms with van der Waals surface area (Å²) >= 11 is 6.09. The Morgan fingerprint density at radius 2 is 1.86 bits per heavy atom. The van der Waals surface area contributed by atoms with Crippen molar-refractivity contribution in [3.63, 3.8) is 0 Å². The minimum atomic E-state index is -0.525. The third-order valence-corrected chi connectivity index (χ3v) is 4.45. The molecule has 0 aliphatic carbocycles. The molecule has 0 radical (unpaired) electrons. The number of nitro groups is 1. The van der Waals surface area contributed by atoms with Crippen LogP contribution in [-0.4, -0.2) is 21.0 Å². The number of carbonyl (C=O) groups excluding carboxylic acids is 1. The van der Waals surface area contributed by atoms with Gasteiger partial charge in [0, 0.05) is 17.7 Å². The fraction of sp³-hybridized carbons (Fsp3) is 0.211. The number of aromatic nitrogens is 2. The van der Waals surface area contributed by atoms with Crippen LogP contribution < -0.4 is 5.32 Å². The molecular weight excluding hydrogens is 384 g/mol. The Bertz CT molecular complexity index is 1000. The van der Waals surface area contributed by atoms with E-state index in [9.17, 15) is 14.9 Å². The average molecular weight is 401 g/mol. The number of benzene rings is 2. The molecule has 9 heteroatoms. The van der Waals surface area contributed by atoms with Crippen molar-refractivity contribution < 1.29 is 14.2 Å². The minimum absolute atomic E-state index is 0.0282. The van der Waals surface area contributed by atoms with E-state index in [1.807, 2.05) is 13.8 Å². The molecule has 0 saturated carbocycles. The van der Waals surface area contributed by atoms with Crippen LogP contribution in [-0.2, 0) is 0 Å². The van der Waals surface area contributed by atoms with E-state index in [4.69, 9.17) is 16.1 Å². The first kappa shape index (κ1) is 19.5. The van der Waals surface area contributed by atoms with Crippen LogP contribution in [0.5, 0.6) is 0 Å². The summed E-state index contributed by atoms with van der Waals surface area (Å²) < 4.78 is 5.34. The maximum absolute atomic E-state index is 12.6. The minimum Gasteiger partial charge on any atom is -0.340 e. The Balaban J connectivity index is 1.83. The highest BCUT2D eigenvalue weighted by Crippen LogP contribution is 2.26. The molecule has 1 heterocycles. The van der Waals surface area contributed by atoms with Crippen LogP contribution in [0, 0.1) is 16.0 Å². The van der Waals surface area contributed by atoms with Crippen molar-refractivity contribution in [1.29, 1.82) is 0 Å². The largest absolute Gasteiger partial charge is 0.340 e. The average Bonchev–Trinajstić information content (AvgIpc) is 3.15. The van der Waals surface area contributed by atoms with E-state index in [2.05, 4.69) is 15.5 Å². The van der Waals surface area contributed by atoms with Gasteiger partial charge in [0.15, 0.2) is 0 Å². The fourth-order valence-corrected chi connectivity index (χ4v) is 2.81. The number of rotatable bonds is 6. The predicted molar refractivity (Wildman–Crippen MR) is 103 cm³/mol. The molecule has 28 heavy (non-hydrogen) atoms. The van der Waals surface area contributed by atoms with E-state index in [-0.39, 0.29) is 29.2 Å². The van der Waals surface area contributed by atoms with Crippen molar-refractivity contribution in [3.8, 4) is 11.4 Å². The van der Waals surface area contributed by atoms with E-state index < -0.39 is 11.0 Å². The van der Waals surface area contributed by atoms with Gasteiger partial charge in [-0.25, -0.2) is 0 Å². The molecule has 3 rings (SSSR count). The summed E-state index contributed by atoms with van der Waals surface area (Å²) in [6.45, 7) is 3.82. The zero-order valence-electron chi connectivity index (χ0n) is 15.1. The molecule has 1 amide bonds. The molecule has 1 aromatic heterocycles. The van der Waals surface area contributed by atoms with Crippen molar-refractivity contribution in [2.24, 2.45) is 5.92 Å². The Kier molecular flexibility index (Phi) is 5.70. The monoisotopic (exact) mass is 400 g/mol. The molecule has 0 aliphatic rings. The van der Waals surface area contributed by atoms with Gasteiger partial charge in [0.1, 0.15) is 6.04 Å². The predicted octanol–water partition coefficient (Wildman–Crippen LogP) is 4.43. The van der Waals surface area contributed by atoms with E-state index in [0.717, 1.165) is 0 Å². The molecule has 2 aromatic carbocycles. The Labute approximate surface area is 165 Å². The van der Waals surface area contributed by atoms with Gasteiger partial charge in [-0.15, -0.1) is 0 Å². The highest BCUT2D eigenvalue weighted by molar-refractivity contribution is 6.33. The van der Waals surface area contributed by atoms with Crippen LogP contribution >= 0.6 is 11.6 Å². The lowest BCUT2D eigenvalue weighted by Crippen LogP contribution is -2.32. The van der Waals surface area contributed by atoms with Crippen molar-refractivity contribution in [2.75, 3.05) is 0 Å². The normalized spacial score (nSPS) is 12.0. The number of nitro benzene ring substituents is 1. The van der Waals surface area contributed by atoms with Gasteiger partial charge in [0.25, 0.3) is 11.6 Å². The number of nitrogens with one attached hydrogen (secondary N) is 1. The van der Waals surface area contributed by atoms with Gasteiger partial charge >= 0.3 is 0 Å². The van der Waals surface area contributed by atoms with Crippen LogP contribution in [0.15, 0.2) is 53.1 Å². The molecule has 1 N–H and O–H groups in total. The number of halogens is 1. The van der Waals surface area contributed by atoms with Crippen molar-refractivity contribution in [2.45, 2.75) is 19.9 Å². The standard InChI is InChI=1S/C19H17ClN4O4/c1-11(2)16(21-18(25)14-5-3-4-6-15(14)20)19-22-17(23-28-19)12-7-9-13(10-8-12)24(26)27/h3-11,16H,1-2H3,(H,21,25)/t16-/m1/s1. The first-order valence-corrected chi connectivity index (χ1v) is 8.88. The summed E-state index contributed by atoms with van der Waals surface area (Å²) in [5.41, 5.74) is 0.894. The summed E-state index contributed by atoms with van der Waals surface area (Å²) in [4.78, 5) is 27.2. The van der Waals surface area contributed by atoms with Crippen LogP contribution in [0.4, 0.5) is 5.69 Å². The summed E-state index contributed by atoms with van der Waals surface area (Å²) in [5, 5.41) is 17.9. The van der Waals surface area contributed by atoms with Gasteiger partial charge in [-0.2, -0.15) is 4.98 Å². The first-order valence-electron chi connectivity index (χ1n) is 8.50. The zero-order chi connectivity index (χ0) is 20.3. The molecule has 1 atom stereocenters. The van der Waals surface area contributed by atoms with E-state index in [0.29, 0.717) is 16.1 Å². The van der Waals surface area contributed by atoms with E-state index in [1.165, 1.54) is 12.1 Å². The van der Waals surface area contributed by atoms with E-state index >= 15 is 0 Å². The van der Waals surface area contributed by atoms with Crippen molar-refractivity contribution >= 4 is 23.2 Å². The highest BCUT2D eigenvalue weighted by Gasteiger charge is 2.26. The molecule has 0 unspecified atom stereocenters. The number of nitrogens with zero attached hydrogens (tertiary/aromatic N) is 3. The zero-order valence-corrected chi connectivity index (χ0v) is 15.9. The molecule has 0 bridgehead atoms. The van der Waals surface area contributed by atoms with Crippen molar-refractivity contribution in [3.05, 3.63) is 75.1 Å². The molecule has 0 fully saturated rings. The lowest BCUT2D eigenvalue weighted by atomic mass is 10.0. The van der Waals surface area contributed by atoms with E-state index in [1.54, 1.807) is 36.4 Å². The summed E-state index contributed by atoms with van der Waals surface area (Å²) in [7, 11) is 0. The van der Waals surface area contributed by atoms with Crippen LogP contribution in [0.3, 0.4) is 0 Å². The lowest BCUT2D eigenvalue weighted by molar-refractivity contribution is -0.384. The third kappa shape index (κ3) is 4.17. The Hall–Kier alpha value is -3.26. The third-order valence-electron chi connectivity index (χ3n) is 4.12. The van der Waals surface area contributed by atoms with Gasteiger partial charge in [-0.05, 0) is 30.2 Å². The summed E-state index contributed by atoms with van der Waals surface area (Å²) in [6, 6.07) is 12.0.